The summed E-state index contributed by atoms with van der Waals surface area (Å²) < 4.78 is 5.09. The zero-order valence-electron chi connectivity index (χ0n) is 8.53. The van der Waals surface area contributed by atoms with E-state index in [1.807, 2.05) is 19.2 Å². The molecule has 1 aromatic rings. The summed E-state index contributed by atoms with van der Waals surface area (Å²) >= 11 is 0. The minimum atomic E-state index is 0.313. The quantitative estimate of drug-likeness (QED) is 0.745. The van der Waals surface area contributed by atoms with Crippen LogP contribution < -0.4 is 15.4 Å². The molecule has 0 saturated carbocycles. The van der Waals surface area contributed by atoms with Crippen LogP contribution in [0.5, 0.6) is 5.88 Å². The average Bonchev–Trinajstić information content (AvgIpc) is 2.14. The van der Waals surface area contributed by atoms with Crippen molar-refractivity contribution < 1.29 is 4.74 Å². The highest BCUT2D eigenvalue weighted by molar-refractivity contribution is 5.56. The first-order chi connectivity index (χ1) is 6.70. The van der Waals surface area contributed by atoms with E-state index in [0.29, 0.717) is 11.9 Å². The van der Waals surface area contributed by atoms with Gasteiger partial charge in [-0.1, -0.05) is 0 Å². The molecule has 1 fully saturated rings. The van der Waals surface area contributed by atoms with Gasteiger partial charge in [0.2, 0.25) is 5.88 Å². The van der Waals surface area contributed by atoms with Crippen LogP contribution >= 0.6 is 0 Å². The number of hydrogen-bond acceptors (Lipinski definition) is 4. The molecule has 4 nitrogen and oxygen atoms in total. The Kier molecular flexibility index (Phi) is 2.29. The summed E-state index contributed by atoms with van der Waals surface area (Å²) in [5, 5.41) is 0. The van der Waals surface area contributed by atoms with Crippen molar-refractivity contribution in [3.8, 4) is 5.88 Å². The third-order valence-corrected chi connectivity index (χ3v) is 2.51. The number of aromatic nitrogens is 1. The van der Waals surface area contributed by atoms with E-state index in [1.54, 1.807) is 7.11 Å². The molecular formula is C10H15N3O. The van der Waals surface area contributed by atoms with Gasteiger partial charge in [-0.05, 0) is 12.5 Å². The van der Waals surface area contributed by atoms with Gasteiger partial charge in [-0.2, -0.15) is 0 Å². The zero-order valence-corrected chi connectivity index (χ0v) is 8.53. The molecule has 4 heteroatoms. The SMILES string of the molecule is COc1cc(N2CC(N)C2)c(C)cn1. The normalized spacial score (nSPS) is 16.6. The molecule has 0 atom stereocenters. The van der Waals surface area contributed by atoms with Crippen molar-refractivity contribution >= 4 is 5.69 Å². The molecule has 0 spiro atoms. The molecule has 0 aromatic carbocycles. The topological polar surface area (TPSA) is 51.4 Å². The largest absolute Gasteiger partial charge is 0.481 e. The lowest BCUT2D eigenvalue weighted by Crippen LogP contribution is -2.56. The molecule has 2 heterocycles. The van der Waals surface area contributed by atoms with Crippen molar-refractivity contribution in [3.63, 3.8) is 0 Å². The molecule has 1 aliphatic rings. The zero-order chi connectivity index (χ0) is 10.1. The van der Waals surface area contributed by atoms with Gasteiger partial charge in [0.25, 0.3) is 0 Å². The second-order valence-electron chi connectivity index (χ2n) is 3.68. The van der Waals surface area contributed by atoms with E-state index in [0.717, 1.165) is 18.7 Å². The Morgan fingerprint density at radius 3 is 2.86 bits per heavy atom. The average molecular weight is 193 g/mol. The van der Waals surface area contributed by atoms with E-state index in [-0.39, 0.29) is 0 Å². The Hall–Kier alpha value is -1.29. The number of ether oxygens (including phenoxy) is 1. The van der Waals surface area contributed by atoms with Gasteiger partial charge in [0.1, 0.15) is 0 Å². The molecule has 14 heavy (non-hydrogen) atoms. The molecule has 0 radical (unpaired) electrons. The summed E-state index contributed by atoms with van der Waals surface area (Å²) in [5.41, 5.74) is 8.08. The Morgan fingerprint density at radius 1 is 1.57 bits per heavy atom. The van der Waals surface area contributed by atoms with Crippen LogP contribution in [0.3, 0.4) is 0 Å². The summed E-state index contributed by atoms with van der Waals surface area (Å²) in [4.78, 5) is 6.38. The first-order valence-corrected chi connectivity index (χ1v) is 4.72. The fourth-order valence-corrected chi connectivity index (χ4v) is 1.66. The minimum Gasteiger partial charge on any atom is -0.481 e. The molecular weight excluding hydrogens is 178 g/mol. The minimum absolute atomic E-state index is 0.313. The number of hydrogen-bond donors (Lipinski definition) is 1. The number of anilines is 1. The number of rotatable bonds is 2. The maximum absolute atomic E-state index is 5.74. The van der Waals surface area contributed by atoms with Crippen LogP contribution in [0.25, 0.3) is 0 Å². The maximum Gasteiger partial charge on any atom is 0.215 e. The molecule has 2 rings (SSSR count). The van der Waals surface area contributed by atoms with Gasteiger partial charge >= 0.3 is 0 Å². The van der Waals surface area contributed by atoms with Crippen molar-refractivity contribution in [2.75, 3.05) is 25.1 Å². The first kappa shape index (κ1) is 9.27. The molecule has 76 valence electrons. The molecule has 1 saturated heterocycles. The lowest BCUT2D eigenvalue weighted by atomic mass is 10.1. The second kappa shape index (κ2) is 3.46. The smallest absolute Gasteiger partial charge is 0.215 e. The summed E-state index contributed by atoms with van der Waals surface area (Å²) in [6.45, 7) is 3.90. The molecule has 0 amide bonds. The van der Waals surface area contributed by atoms with E-state index >= 15 is 0 Å². The number of methoxy groups -OCH3 is 1. The number of nitrogens with two attached hydrogens (primary N) is 1. The molecule has 1 aliphatic heterocycles. The summed E-state index contributed by atoms with van der Waals surface area (Å²) in [6, 6.07) is 2.27. The van der Waals surface area contributed by atoms with Crippen molar-refractivity contribution in [3.05, 3.63) is 17.8 Å². The van der Waals surface area contributed by atoms with Crippen LogP contribution in [-0.2, 0) is 0 Å². The Labute approximate surface area is 83.7 Å². The van der Waals surface area contributed by atoms with Crippen LogP contribution in [-0.4, -0.2) is 31.2 Å². The fraction of sp³-hybridized carbons (Fsp3) is 0.500. The third-order valence-electron chi connectivity index (χ3n) is 2.51. The lowest BCUT2D eigenvalue weighted by molar-refractivity contribution is 0.397. The van der Waals surface area contributed by atoms with Crippen LogP contribution in [0.4, 0.5) is 5.69 Å². The predicted molar refractivity (Wildman–Crippen MR) is 55.7 cm³/mol. The molecule has 0 unspecified atom stereocenters. The van der Waals surface area contributed by atoms with Gasteiger partial charge in [-0.15, -0.1) is 0 Å². The molecule has 1 aromatic heterocycles. The molecule has 0 aliphatic carbocycles. The van der Waals surface area contributed by atoms with Crippen molar-refractivity contribution in [1.82, 2.24) is 4.98 Å². The summed E-state index contributed by atoms with van der Waals surface area (Å²) in [6.07, 6.45) is 1.83. The van der Waals surface area contributed by atoms with Gasteiger partial charge in [0.05, 0.1) is 7.11 Å². The van der Waals surface area contributed by atoms with Crippen LogP contribution in [0.2, 0.25) is 0 Å². The Balaban J connectivity index is 2.23. The second-order valence-corrected chi connectivity index (χ2v) is 3.68. The lowest BCUT2D eigenvalue weighted by Gasteiger charge is -2.39. The highest BCUT2D eigenvalue weighted by Crippen LogP contribution is 2.26. The first-order valence-electron chi connectivity index (χ1n) is 4.72. The predicted octanol–water partition coefficient (Wildman–Crippen LogP) is 0.546. The molecule has 2 N–H and O–H groups in total. The van der Waals surface area contributed by atoms with Crippen molar-refractivity contribution in [2.24, 2.45) is 5.73 Å². The van der Waals surface area contributed by atoms with Gasteiger partial charge in [0, 0.05) is 37.1 Å². The monoisotopic (exact) mass is 193 g/mol. The Bertz CT molecular complexity index is 334. The summed E-state index contributed by atoms with van der Waals surface area (Å²) in [5.74, 6) is 0.658. The van der Waals surface area contributed by atoms with Crippen LogP contribution in [0.15, 0.2) is 12.3 Å². The molecule has 0 bridgehead atoms. The fourth-order valence-electron chi connectivity index (χ4n) is 1.66. The van der Waals surface area contributed by atoms with Crippen LogP contribution in [0.1, 0.15) is 5.56 Å². The highest BCUT2D eigenvalue weighted by Gasteiger charge is 2.24. The number of aryl methyl sites for hydroxylation is 1. The third kappa shape index (κ3) is 1.53. The van der Waals surface area contributed by atoms with E-state index in [2.05, 4.69) is 9.88 Å². The number of nitrogens with zero attached hydrogens (tertiary/aromatic N) is 2. The van der Waals surface area contributed by atoms with E-state index in [1.165, 1.54) is 5.69 Å². The van der Waals surface area contributed by atoms with E-state index < -0.39 is 0 Å². The van der Waals surface area contributed by atoms with Gasteiger partial charge in [0.15, 0.2) is 0 Å². The number of pyridine rings is 1. The van der Waals surface area contributed by atoms with Gasteiger partial charge < -0.3 is 15.4 Å². The van der Waals surface area contributed by atoms with E-state index in [9.17, 15) is 0 Å². The highest BCUT2D eigenvalue weighted by atomic mass is 16.5. The standard InChI is InChI=1S/C10H15N3O/c1-7-4-12-10(14-2)3-9(7)13-5-8(11)6-13/h3-4,8H,5-6,11H2,1-2H3. The Morgan fingerprint density at radius 2 is 2.29 bits per heavy atom. The van der Waals surface area contributed by atoms with E-state index in [4.69, 9.17) is 10.5 Å². The van der Waals surface area contributed by atoms with Gasteiger partial charge in [-0.25, -0.2) is 4.98 Å². The van der Waals surface area contributed by atoms with Crippen molar-refractivity contribution in [2.45, 2.75) is 13.0 Å². The van der Waals surface area contributed by atoms with Gasteiger partial charge in [-0.3, -0.25) is 0 Å². The summed E-state index contributed by atoms with van der Waals surface area (Å²) in [7, 11) is 1.63. The van der Waals surface area contributed by atoms with Crippen molar-refractivity contribution in [1.29, 1.82) is 0 Å². The maximum atomic E-state index is 5.74. The van der Waals surface area contributed by atoms with Crippen LogP contribution in [0, 0.1) is 6.92 Å².